The van der Waals surface area contributed by atoms with Crippen LogP contribution >= 0.6 is 0 Å². The van der Waals surface area contributed by atoms with E-state index >= 15 is 0 Å². The van der Waals surface area contributed by atoms with Gasteiger partial charge in [-0.2, -0.15) is 0 Å². The van der Waals surface area contributed by atoms with Gasteiger partial charge in [0.2, 0.25) is 0 Å². The van der Waals surface area contributed by atoms with Crippen LogP contribution in [0.3, 0.4) is 0 Å². The number of hydrogen-bond acceptors (Lipinski definition) is 4. The second-order valence-electron chi connectivity index (χ2n) is 5.12. The minimum atomic E-state index is -3.61. The van der Waals surface area contributed by atoms with Crippen LogP contribution in [-0.2, 0) is 23.5 Å². The summed E-state index contributed by atoms with van der Waals surface area (Å²) in [6.07, 6.45) is 4.49. The molecule has 0 spiro atoms. The Morgan fingerprint density at radius 2 is 2.24 bits per heavy atom. The number of benzene rings is 1. The number of aryl methyl sites for hydroxylation is 1. The highest BCUT2D eigenvalue weighted by Gasteiger charge is 2.30. The van der Waals surface area contributed by atoms with Crippen molar-refractivity contribution in [2.24, 2.45) is 7.05 Å². The van der Waals surface area contributed by atoms with Crippen LogP contribution in [0.1, 0.15) is 23.6 Å². The molecule has 21 heavy (non-hydrogen) atoms. The van der Waals surface area contributed by atoms with E-state index in [0.29, 0.717) is 0 Å². The second kappa shape index (κ2) is 5.16. The average Bonchev–Trinajstić information content (AvgIpc) is 3.06. The van der Waals surface area contributed by atoms with Crippen LogP contribution < -0.4 is 9.46 Å². The molecule has 1 aliphatic rings. The van der Waals surface area contributed by atoms with Crippen LogP contribution in [0, 0.1) is 0 Å². The van der Waals surface area contributed by atoms with Crippen molar-refractivity contribution < 1.29 is 13.2 Å². The highest BCUT2D eigenvalue weighted by Crippen LogP contribution is 2.37. The Morgan fingerprint density at radius 1 is 1.43 bits per heavy atom. The lowest BCUT2D eigenvalue weighted by atomic mass is 10.1. The molecule has 0 bridgehead atoms. The first kappa shape index (κ1) is 14.1. The molecule has 1 aromatic heterocycles. The molecule has 1 atom stereocenters. The summed E-state index contributed by atoms with van der Waals surface area (Å²) < 4.78 is 34.4. The molecule has 6 nitrogen and oxygen atoms in total. The summed E-state index contributed by atoms with van der Waals surface area (Å²) in [6.45, 7) is 0. The van der Waals surface area contributed by atoms with Crippen molar-refractivity contribution in [2.45, 2.75) is 23.9 Å². The minimum Gasteiger partial charge on any atom is -0.496 e. The lowest BCUT2D eigenvalue weighted by molar-refractivity contribution is 0.410. The van der Waals surface area contributed by atoms with E-state index in [4.69, 9.17) is 4.74 Å². The highest BCUT2D eigenvalue weighted by molar-refractivity contribution is 7.89. The summed E-state index contributed by atoms with van der Waals surface area (Å²) in [5.74, 6) is 0.812. The van der Waals surface area contributed by atoms with Gasteiger partial charge in [0, 0.05) is 19.3 Å². The van der Waals surface area contributed by atoms with Crippen LogP contribution in [0.15, 0.2) is 35.7 Å². The molecule has 112 valence electrons. The van der Waals surface area contributed by atoms with E-state index < -0.39 is 10.0 Å². The zero-order valence-corrected chi connectivity index (χ0v) is 12.7. The molecule has 2 aromatic rings. The normalized spacial score (nSPS) is 17.7. The van der Waals surface area contributed by atoms with E-state index in [2.05, 4.69) is 9.71 Å². The molecular formula is C14H17N3O3S. The molecule has 1 aromatic carbocycles. The molecule has 1 aliphatic carbocycles. The molecular weight excluding hydrogens is 290 g/mol. The molecule has 7 heteroatoms. The topological polar surface area (TPSA) is 73.2 Å². The second-order valence-corrected chi connectivity index (χ2v) is 6.78. The van der Waals surface area contributed by atoms with E-state index in [-0.39, 0.29) is 11.1 Å². The molecule has 1 heterocycles. The Bertz CT molecular complexity index is 768. The highest BCUT2D eigenvalue weighted by atomic mass is 32.2. The van der Waals surface area contributed by atoms with Gasteiger partial charge < -0.3 is 9.30 Å². The van der Waals surface area contributed by atoms with E-state index in [0.717, 1.165) is 29.7 Å². The standard InChI is InChI=1S/C14H17N3O3S/c1-17-8-14(15-9-17)21(18,19)16-12-7-6-11-10(12)4-3-5-13(11)20-2/h3-5,8-9,12,16H,6-7H2,1-2H3. The maximum atomic E-state index is 12.3. The number of nitrogens with one attached hydrogen (secondary N) is 1. The monoisotopic (exact) mass is 307 g/mol. The van der Waals surface area contributed by atoms with E-state index in [1.54, 1.807) is 18.7 Å². The van der Waals surface area contributed by atoms with Crippen LogP contribution in [0.2, 0.25) is 0 Å². The van der Waals surface area contributed by atoms with Crippen molar-refractivity contribution in [1.29, 1.82) is 0 Å². The first-order valence-electron chi connectivity index (χ1n) is 6.67. The lowest BCUT2D eigenvalue weighted by Crippen LogP contribution is -2.27. The Balaban J connectivity index is 1.89. The molecule has 3 rings (SSSR count). The zero-order chi connectivity index (χ0) is 15.0. The van der Waals surface area contributed by atoms with Gasteiger partial charge in [-0.05, 0) is 30.0 Å². The van der Waals surface area contributed by atoms with Gasteiger partial charge in [-0.25, -0.2) is 18.1 Å². The number of methoxy groups -OCH3 is 1. The van der Waals surface area contributed by atoms with Gasteiger partial charge >= 0.3 is 0 Å². The summed E-state index contributed by atoms with van der Waals surface area (Å²) in [5, 5.41) is 0.0429. The fraction of sp³-hybridized carbons (Fsp3) is 0.357. The number of nitrogens with zero attached hydrogens (tertiary/aromatic N) is 2. The molecule has 1 unspecified atom stereocenters. The Hall–Kier alpha value is -1.86. The Kier molecular flexibility index (Phi) is 3.46. The number of fused-ring (bicyclic) bond motifs is 1. The largest absolute Gasteiger partial charge is 0.496 e. The molecule has 0 saturated carbocycles. The third-order valence-corrected chi connectivity index (χ3v) is 5.06. The average molecular weight is 307 g/mol. The van der Waals surface area contributed by atoms with Crippen LogP contribution in [0.25, 0.3) is 0 Å². The van der Waals surface area contributed by atoms with E-state index in [1.807, 2.05) is 18.2 Å². The summed E-state index contributed by atoms with van der Waals surface area (Å²) in [4.78, 5) is 3.91. The van der Waals surface area contributed by atoms with Crippen molar-refractivity contribution in [3.8, 4) is 5.75 Å². The van der Waals surface area contributed by atoms with Gasteiger partial charge in [-0.3, -0.25) is 0 Å². The van der Waals surface area contributed by atoms with Gasteiger partial charge in [0.15, 0.2) is 5.03 Å². The number of ether oxygens (including phenoxy) is 1. The number of hydrogen-bond donors (Lipinski definition) is 1. The number of aromatic nitrogens is 2. The van der Waals surface area contributed by atoms with Gasteiger partial charge in [-0.15, -0.1) is 0 Å². The van der Waals surface area contributed by atoms with Crippen molar-refractivity contribution in [3.05, 3.63) is 41.9 Å². The van der Waals surface area contributed by atoms with Crippen molar-refractivity contribution in [1.82, 2.24) is 14.3 Å². The van der Waals surface area contributed by atoms with Crippen LogP contribution in [0.4, 0.5) is 0 Å². The van der Waals surface area contributed by atoms with E-state index in [9.17, 15) is 8.42 Å². The summed E-state index contributed by atoms with van der Waals surface area (Å²) in [6, 6.07) is 5.48. The van der Waals surface area contributed by atoms with E-state index in [1.165, 1.54) is 12.5 Å². The molecule has 0 fully saturated rings. The zero-order valence-electron chi connectivity index (χ0n) is 11.9. The van der Waals surface area contributed by atoms with Crippen molar-refractivity contribution in [3.63, 3.8) is 0 Å². The van der Waals surface area contributed by atoms with Gasteiger partial charge in [0.1, 0.15) is 5.75 Å². The SMILES string of the molecule is COc1cccc2c1CCC2NS(=O)(=O)c1cn(C)cn1. The van der Waals surface area contributed by atoms with Gasteiger partial charge in [0.05, 0.1) is 13.4 Å². The number of rotatable bonds is 4. The lowest BCUT2D eigenvalue weighted by Gasteiger charge is -2.14. The fourth-order valence-electron chi connectivity index (χ4n) is 2.71. The maximum Gasteiger partial charge on any atom is 0.260 e. The Labute approximate surface area is 123 Å². The first-order chi connectivity index (χ1) is 10.0. The van der Waals surface area contributed by atoms with Crippen molar-refractivity contribution in [2.75, 3.05) is 7.11 Å². The summed E-state index contributed by atoms with van der Waals surface area (Å²) in [5.41, 5.74) is 2.06. The van der Waals surface area contributed by atoms with Gasteiger partial charge in [-0.1, -0.05) is 12.1 Å². The Morgan fingerprint density at radius 3 is 2.90 bits per heavy atom. The van der Waals surface area contributed by atoms with Crippen LogP contribution in [-0.4, -0.2) is 25.1 Å². The summed E-state index contributed by atoms with van der Waals surface area (Å²) in [7, 11) is -0.244. The molecule has 0 saturated heterocycles. The van der Waals surface area contributed by atoms with Gasteiger partial charge in [0.25, 0.3) is 10.0 Å². The maximum absolute atomic E-state index is 12.3. The van der Waals surface area contributed by atoms with Crippen molar-refractivity contribution >= 4 is 10.0 Å². The van der Waals surface area contributed by atoms with Crippen LogP contribution in [0.5, 0.6) is 5.75 Å². The quantitative estimate of drug-likeness (QED) is 0.926. The molecule has 0 radical (unpaired) electrons. The fourth-order valence-corrected chi connectivity index (χ4v) is 3.94. The predicted molar refractivity (Wildman–Crippen MR) is 77.6 cm³/mol. The minimum absolute atomic E-state index is 0.0429. The third kappa shape index (κ3) is 2.54. The molecule has 0 aliphatic heterocycles. The number of sulfonamides is 1. The molecule has 0 amide bonds. The molecule has 1 N–H and O–H groups in total. The first-order valence-corrected chi connectivity index (χ1v) is 8.15. The number of imidazole rings is 1. The third-order valence-electron chi connectivity index (χ3n) is 3.70. The summed E-state index contributed by atoms with van der Waals surface area (Å²) >= 11 is 0. The predicted octanol–water partition coefficient (Wildman–Crippen LogP) is 1.39. The smallest absolute Gasteiger partial charge is 0.260 e.